The topological polar surface area (TPSA) is 38.3 Å². The Kier molecular flexibility index (Phi) is 3.23. The average Bonchev–Trinajstić information content (AvgIpc) is 2.44. The smallest absolute Gasteiger partial charge is 0.246 e. The van der Waals surface area contributed by atoms with Gasteiger partial charge in [0.1, 0.15) is 6.61 Å². The first-order chi connectivity index (χ1) is 7.25. The zero-order valence-corrected chi connectivity index (χ0v) is 8.96. The van der Waals surface area contributed by atoms with Crippen LogP contribution >= 0.6 is 11.6 Å². The molecule has 0 aromatic heterocycles. The third-order valence-electron chi connectivity index (χ3n) is 2.39. The standard InChI is InChI=1S/C11H12ClNO2/c12-9-3-1-8(2-4-9)10-5-6-13-11(14)7-15-10/h1-4,10H,5-7H2,(H,13,14). The highest BCUT2D eigenvalue weighted by atomic mass is 35.5. The molecule has 1 unspecified atom stereocenters. The van der Waals surface area contributed by atoms with Gasteiger partial charge in [0.2, 0.25) is 5.91 Å². The van der Waals surface area contributed by atoms with Gasteiger partial charge >= 0.3 is 0 Å². The quantitative estimate of drug-likeness (QED) is 0.793. The number of hydrogen-bond acceptors (Lipinski definition) is 2. The van der Waals surface area contributed by atoms with E-state index in [4.69, 9.17) is 16.3 Å². The van der Waals surface area contributed by atoms with Crippen molar-refractivity contribution in [2.24, 2.45) is 0 Å². The summed E-state index contributed by atoms with van der Waals surface area (Å²) in [5.74, 6) is -0.0496. The van der Waals surface area contributed by atoms with E-state index in [-0.39, 0.29) is 18.6 Å². The predicted octanol–water partition coefficient (Wildman–Crippen LogP) is 1.92. The summed E-state index contributed by atoms with van der Waals surface area (Å²) in [6.45, 7) is 0.791. The fourth-order valence-electron chi connectivity index (χ4n) is 1.59. The summed E-state index contributed by atoms with van der Waals surface area (Å²) in [6, 6.07) is 7.53. The number of halogens is 1. The second-order valence-corrected chi connectivity index (χ2v) is 3.93. The number of carbonyl (C=O) groups excluding carboxylic acids is 1. The summed E-state index contributed by atoms with van der Waals surface area (Å²) in [4.78, 5) is 11.1. The molecular weight excluding hydrogens is 214 g/mol. The first-order valence-corrected chi connectivity index (χ1v) is 5.27. The molecule has 1 heterocycles. The van der Waals surface area contributed by atoms with Crippen molar-refractivity contribution in [2.45, 2.75) is 12.5 Å². The van der Waals surface area contributed by atoms with Crippen molar-refractivity contribution in [1.29, 1.82) is 0 Å². The number of hydrogen-bond donors (Lipinski definition) is 1. The van der Waals surface area contributed by atoms with Crippen LogP contribution in [0.2, 0.25) is 5.02 Å². The van der Waals surface area contributed by atoms with Crippen LogP contribution in [-0.2, 0) is 9.53 Å². The van der Waals surface area contributed by atoms with Crippen LogP contribution in [0, 0.1) is 0 Å². The molecule has 0 saturated carbocycles. The van der Waals surface area contributed by atoms with E-state index >= 15 is 0 Å². The highest BCUT2D eigenvalue weighted by molar-refractivity contribution is 6.30. The Morgan fingerprint density at radius 3 is 2.80 bits per heavy atom. The number of amides is 1. The van der Waals surface area contributed by atoms with Crippen molar-refractivity contribution in [3.8, 4) is 0 Å². The first-order valence-electron chi connectivity index (χ1n) is 4.89. The van der Waals surface area contributed by atoms with E-state index in [0.29, 0.717) is 11.6 Å². The zero-order valence-electron chi connectivity index (χ0n) is 8.20. The van der Waals surface area contributed by atoms with Crippen molar-refractivity contribution in [3.05, 3.63) is 34.9 Å². The molecule has 1 N–H and O–H groups in total. The number of benzene rings is 1. The fraction of sp³-hybridized carbons (Fsp3) is 0.364. The Balaban J connectivity index is 2.09. The van der Waals surface area contributed by atoms with Gasteiger partial charge in [0, 0.05) is 11.6 Å². The van der Waals surface area contributed by atoms with Crippen LogP contribution in [0.25, 0.3) is 0 Å². The van der Waals surface area contributed by atoms with Crippen LogP contribution in [0.3, 0.4) is 0 Å². The Labute approximate surface area is 93.4 Å². The monoisotopic (exact) mass is 225 g/mol. The molecule has 0 spiro atoms. The van der Waals surface area contributed by atoms with Crippen LogP contribution in [0.1, 0.15) is 18.1 Å². The molecular formula is C11H12ClNO2. The molecule has 4 heteroatoms. The molecule has 1 amide bonds. The lowest BCUT2D eigenvalue weighted by Crippen LogP contribution is -2.24. The molecule has 1 fully saturated rings. The minimum atomic E-state index is -0.0496. The van der Waals surface area contributed by atoms with Gasteiger partial charge in [0.05, 0.1) is 6.10 Å². The van der Waals surface area contributed by atoms with Crippen molar-refractivity contribution in [1.82, 2.24) is 5.32 Å². The molecule has 1 aromatic rings. The molecule has 1 atom stereocenters. The summed E-state index contributed by atoms with van der Waals surface area (Å²) in [5, 5.41) is 3.48. The molecule has 2 rings (SSSR count). The third kappa shape index (κ3) is 2.70. The first kappa shape index (κ1) is 10.5. The van der Waals surface area contributed by atoms with Crippen molar-refractivity contribution < 1.29 is 9.53 Å². The lowest BCUT2D eigenvalue weighted by molar-refractivity contribution is -0.125. The Bertz CT molecular complexity index is 350. The van der Waals surface area contributed by atoms with Crippen molar-refractivity contribution >= 4 is 17.5 Å². The van der Waals surface area contributed by atoms with E-state index in [1.807, 2.05) is 24.3 Å². The Morgan fingerprint density at radius 1 is 1.33 bits per heavy atom. The molecule has 15 heavy (non-hydrogen) atoms. The number of nitrogens with one attached hydrogen (secondary N) is 1. The normalized spacial score (nSPS) is 21.9. The molecule has 1 aliphatic heterocycles. The van der Waals surface area contributed by atoms with Gasteiger partial charge in [0.25, 0.3) is 0 Å². The summed E-state index contributed by atoms with van der Waals surface area (Å²) < 4.78 is 5.49. The van der Waals surface area contributed by atoms with E-state index < -0.39 is 0 Å². The van der Waals surface area contributed by atoms with Crippen LogP contribution in [-0.4, -0.2) is 19.1 Å². The lowest BCUT2D eigenvalue weighted by Gasteiger charge is -2.13. The molecule has 1 saturated heterocycles. The SMILES string of the molecule is O=C1COC(c2ccc(Cl)cc2)CCN1. The molecule has 1 aromatic carbocycles. The molecule has 80 valence electrons. The lowest BCUT2D eigenvalue weighted by atomic mass is 10.1. The number of carbonyl (C=O) groups is 1. The van der Waals surface area contributed by atoms with Gasteiger partial charge in [0.15, 0.2) is 0 Å². The maximum atomic E-state index is 11.1. The number of rotatable bonds is 1. The van der Waals surface area contributed by atoms with Gasteiger partial charge in [-0.2, -0.15) is 0 Å². The van der Waals surface area contributed by atoms with Crippen LogP contribution < -0.4 is 5.32 Å². The molecule has 0 radical (unpaired) electrons. The second kappa shape index (κ2) is 4.64. The Morgan fingerprint density at radius 2 is 2.07 bits per heavy atom. The van der Waals surface area contributed by atoms with Crippen LogP contribution in [0.15, 0.2) is 24.3 Å². The Hall–Kier alpha value is -1.06. The highest BCUT2D eigenvalue weighted by Crippen LogP contribution is 2.23. The minimum absolute atomic E-state index is 0.0128. The van der Waals surface area contributed by atoms with Crippen LogP contribution in [0.5, 0.6) is 0 Å². The second-order valence-electron chi connectivity index (χ2n) is 3.49. The average molecular weight is 226 g/mol. The van der Waals surface area contributed by atoms with Gasteiger partial charge in [-0.05, 0) is 24.1 Å². The van der Waals surface area contributed by atoms with E-state index in [2.05, 4.69) is 5.32 Å². The number of ether oxygens (including phenoxy) is 1. The van der Waals surface area contributed by atoms with Gasteiger partial charge in [-0.25, -0.2) is 0 Å². The highest BCUT2D eigenvalue weighted by Gasteiger charge is 2.17. The zero-order chi connectivity index (χ0) is 10.7. The largest absolute Gasteiger partial charge is 0.364 e. The van der Waals surface area contributed by atoms with Crippen molar-refractivity contribution in [3.63, 3.8) is 0 Å². The minimum Gasteiger partial charge on any atom is -0.364 e. The maximum absolute atomic E-state index is 11.1. The van der Waals surface area contributed by atoms with Gasteiger partial charge in [-0.3, -0.25) is 4.79 Å². The van der Waals surface area contributed by atoms with Gasteiger partial charge < -0.3 is 10.1 Å². The summed E-state index contributed by atoms with van der Waals surface area (Å²) in [5.41, 5.74) is 1.07. The van der Waals surface area contributed by atoms with E-state index in [1.54, 1.807) is 0 Å². The summed E-state index contributed by atoms with van der Waals surface area (Å²) >= 11 is 5.80. The van der Waals surface area contributed by atoms with E-state index in [9.17, 15) is 4.79 Å². The van der Waals surface area contributed by atoms with Crippen molar-refractivity contribution in [2.75, 3.05) is 13.2 Å². The maximum Gasteiger partial charge on any atom is 0.246 e. The third-order valence-corrected chi connectivity index (χ3v) is 2.64. The molecule has 0 aliphatic carbocycles. The van der Waals surface area contributed by atoms with E-state index in [1.165, 1.54) is 0 Å². The van der Waals surface area contributed by atoms with Crippen LogP contribution in [0.4, 0.5) is 0 Å². The molecule has 3 nitrogen and oxygen atoms in total. The predicted molar refractivity (Wildman–Crippen MR) is 57.8 cm³/mol. The van der Waals surface area contributed by atoms with Gasteiger partial charge in [-0.15, -0.1) is 0 Å². The summed E-state index contributed by atoms with van der Waals surface area (Å²) in [7, 11) is 0. The fourth-order valence-corrected chi connectivity index (χ4v) is 1.72. The molecule has 1 aliphatic rings. The molecule has 0 bridgehead atoms. The van der Waals surface area contributed by atoms with Gasteiger partial charge in [-0.1, -0.05) is 23.7 Å². The summed E-state index contributed by atoms with van der Waals surface area (Å²) in [6.07, 6.45) is 0.786. The van der Waals surface area contributed by atoms with E-state index in [0.717, 1.165) is 12.0 Å².